The minimum Gasteiger partial charge on any atom is -0.478 e. The Bertz CT molecular complexity index is 853. The number of amides is 2. The minimum absolute atomic E-state index is 0.279. The Hall–Kier alpha value is -3.43. The number of ether oxygens (including phenoxy) is 2. The summed E-state index contributed by atoms with van der Waals surface area (Å²) in [7, 11) is 1.47. The normalized spacial score (nSPS) is 11.3. The van der Waals surface area contributed by atoms with E-state index in [1.165, 1.54) is 25.5 Å². The molecule has 27 heavy (non-hydrogen) atoms. The first-order chi connectivity index (χ1) is 12.7. The molecule has 0 aliphatic carbocycles. The molecule has 0 unspecified atom stereocenters. The predicted molar refractivity (Wildman–Crippen MR) is 97.0 cm³/mol. The van der Waals surface area contributed by atoms with Crippen molar-refractivity contribution in [2.75, 3.05) is 7.11 Å². The number of aryl methyl sites for hydroxylation is 1. The second-order valence-corrected chi connectivity index (χ2v) is 6.50. The smallest absolute Gasteiger partial charge is 0.426 e. The molecule has 0 bridgehead atoms. The molecule has 0 atom stereocenters. The molecule has 0 aliphatic heterocycles. The molecule has 2 N–H and O–H groups in total. The molecule has 0 fully saturated rings. The molecule has 10 heteroatoms. The molecule has 0 saturated heterocycles. The summed E-state index contributed by atoms with van der Waals surface area (Å²) in [5.41, 5.74) is 4.92. The van der Waals surface area contributed by atoms with Crippen LogP contribution < -0.4 is 15.6 Å². The second-order valence-electron chi connectivity index (χ2n) is 6.50. The molecule has 10 nitrogen and oxygen atoms in total. The van der Waals surface area contributed by atoms with Gasteiger partial charge in [-0.3, -0.25) is 14.8 Å². The Morgan fingerprint density at radius 3 is 2.56 bits per heavy atom. The fourth-order valence-corrected chi connectivity index (χ4v) is 1.93. The number of carbonyl (C=O) groups is 2. The summed E-state index contributed by atoms with van der Waals surface area (Å²) < 4.78 is 11.9. The van der Waals surface area contributed by atoms with E-state index in [4.69, 9.17) is 9.47 Å². The fourth-order valence-electron chi connectivity index (χ4n) is 1.93. The minimum atomic E-state index is -0.759. The third-order valence-electron chi connectivity index (χ3n) is 2.98. The van der Waals surface area contributed by atoms with Gasteiger partial charge in [0.1, 0.15) is 11.9 Å². The first-order valence-electron chi connectivity index (χ1n) is 8.07. The van der Waals surface area contributed by atoms with E-state index in [1.807, 2.05) is 6.92 Å². The Balaban J connectivity index is 2.00. The number of hydrazine groups is 1. The predicted octanol–water partition coefficient (Wildman–Crippen LogP) is 1.55. The SMILES string of the molecule is COc1nc(/C=C/C(=O)NNC(=O)OC(C)(C)C)cnc1-n1cnc(C)c1. The molecule has 0 aromatic carbocycles. The zero-order valence-corrected chi connectivity index (χ0v) is 15.8. The van der Waals surface area contributed by atoms with E-state index in [1.54, 1.807) is 37.9 Å². The Morgan fingerprint density at radius 1 is 1.22 bits per heavy atom. The van der Waals surface area contributed by atoms with Crippen molar-refractivity contribution in [3.63, 3.8) is 0 Å². The van der Waals surface area contributed by atoms with E-state index in [0.29, 0.717) is 11.5 Å². The van der Waals surface area contributed by atoms with Crippen molar-refractivity contribution in [1.29, 1.82) is 0 Å². The second kappa shape index (κ2) is 8.30. The molecule has 2 amide bonds. The van der Waals surface area contributed by atoms with Crippen molar-refractivity contribution < 1.29 is 19.1 Å². The number of nitrogens with zero attached hydrogens (tertiary/aromatic N) is 4. The Morgan fingerprint density at radius 2 is 1.96 bits per heavy atom. The van der Waals surface area contributed by atoms with E-state index >= 15 is 0 Å². The van der Waals surface area contributed by atoms with Gasteiger partial charge >= 0.3 is 6.09 Å². The van der Waals surface area contributed by atoms with E-state index in [-0.39, 0.29) is 5.88 Å². The number of imidazole rings is 1. The number of methoxy groups -OCH3 is 1. The monoisotopic (exact) mass is 374 g/mol. The molecular formula is C17H22N6O4. The molecule has 2 aromatic rings. The number of rotatable bonds is 4. The molecule has 144 valence electrons. The lowest BCUT2D eigenvalue weighted by Gasteiger charge is -2.19. The zero-order valence-electron chi connectivity index (χ0n) is 15.8. The lowest BCUT2D eigenvalue weighted by Crippen LogP contribution is -2.43. The third kappa shape index (κ3) is 6.10. The Labute approximate surface area is 156 Å². The number of hydrogen-bond donors (Lipinski definition) is 2. The molecule has 0 radical (unpaired) electrons. The van der Waals surface area contributed by atoms with Gasteiger partial charge in [-0.05, 0) is 33.8 Å². The van der Waals surface area contributed by atoms with Gasteiger partial charge in [0.05, 0.1) is 24.7 Å². The van der Waals surface area contributed by atoms with Gasteiger partial charge in [-0.25, -0.2) is 25.2 Å². The highest BCUT2D eigenvalue weighted by atomic mass is 16.6. The van der Waals surface area contributed by atoms with Crippen LogP contribution in [0.15, 0.2) is 24.8 Å². The average Bonchev–Trinajstić information content (AvgIpc) is 3.02. The maximum Gasteiger partial charge on any atom is 0.426 e. The van der Waals surface area contributed by atoms with Crippen molar-refractivity contribution in [2.45, 2.75) is 33.3 Å². The summed E-state index contributed by atoms with van der Waals surface area (Å²) in [5.74, 6) is 0.198. The van der Waals surface area contributed by atoms with Crippen LogP contribution in [0.4, 0.5) is 4.79 Å². The van der Waals surface area contributed by atoms with Gasteiger partial charge in [0.25, 0.3) is 11.8 Å². The topological polar surface area (TPSA) is 120 Å². The van der Waals surface area contributed by atoms with Crippen molar-refractivity contribution in [3.05, 3.63) is 36.2 Å². The maximum absolute atomic E-state index is 11.8. The van der Waals surface area contributed by atoms with Crippen molar-refractivity contribution in [2.24, 2.45) is 0 Å². The third-order valence-corrected chi connectivity index (χ3v) is 2.98. The highest BCUT2D eigenvalue weighted by Crippen LogP contribution is 2.18. The average molecular weight is 374 g/mol. The fraction of sp³-hybridized carbons (Fsp3) is 0.353. The summed E-state index contributed by atoms with van der Waals surface area (Å²) in [6, 6.07) is 0. The van der Waals surface area contributed by atoms with E-state index in [2.05, 4.69) is 25.8 Å². The molecule has 0 aliphatic rings. The van der Waals surface area contributed by atoms with Crippen LogP contribution in [0.25, 0.3) is 11.9 Å². The number of aromatic nitrogens is 4. The summed E-state index contributed by atoms with van der Waals surface area (Å²) in [6.45, 7) is 7.01. The van der Waals surface area contributed by atoms with Crippen LogP contribution >= 0.6 is 0 Å². The van der Waals surface area contributed by atoms with Crippen LogP contribution in [0, 0.1) is 6.92 Å². The van der Waals surface area contributed by atoms with Crippen LogP contribution in [-0.2, 0) is 9.53 Å². The highest BCUT2D eigenvalue weighted by molar-refractivity contribution is 5.92. The van der Waals surface area contributed by atoms with Crippen molar-refractivity contribution in [1.82, 2.24) is 30.4 Å². The lowest BCUT2D eigenvalue weighted by molar-refractivity contribution is -0.117. The molecule has 0 saturated carbocycles. The number of carbonyl (C=O) groups excluding carboxylic acids is 2. The highest BCUT2D eigenvalue weighted by Gasteiger charge is 2.16. The molecule has 2 rings (SSSR count). The maximum atomic E-state index is 11.8. The van der Waals surface area contributed by atoms with Crippen LogP contribution in [-0.4, -0.2) is 44.2 Å². The summed E-state index contributed by atoms with van der Waals surface area (Å²) in [4.78, 5) is 36.0. The number of nitrogens with one attached hydrogen (secondary N) is 2. The van der Waals surface area contributed by atoms with Gasteiger partial charge in [-0.1, -0.05) is 0 Å². The Kier molecular flexibility index (Phi) is 6.11. The van der Waals surface area contributed by atoms with Gasteiger partial charge in [0.15, 0.2) is 0 Å². The largest absolute Gasteiger partial charge is 0.478 e. The van der Waals surface area contributed by atoms with Gasteiger partial charge in [0, 0.05) is 12.3 Å². The summed E-state index contributed by atoms with van der Waals surface area (Å²) in [6.07, 6.45) is 6.75. The molecule has 0 spiro atoms. The van der Waals surface area contributed by atoms with Gasteiger partial charge in [-0.15, -0.1) is 0 Å². The van der Waals surface area contributed by atoms with Gasteiger partial charge < -0.3 is 9.47 Å². The summed E-state index contributed by atoms with van der Waals surface area (Å²) in [5, 5.41) is 0. The lowest BCUT2D eigenvalue weighted by atomic mass is 10.2. The van der Waals surface area contributed by atoms with Crippen LogP contribution in [0.2, 0.25) is 0 Å². The first-order valence-corrected chi connectivity index (χ1v) is 8.07. The summed E-state index contributed by atoms with van der Waals surface area (Å²) >= 11 is 0. The van der Waals surface area contributed by atoms with Crippen molar-refractivity contribution in [3.8, 4) is 11.7 Å². The van der Waals surface area contributed by atoms with Gasteiger partial charge in [0.2, 0.25) is 5.82 Å². The molecule has 2 heterocycles. The van der Waals surface area contributed by atoms with Crippen LogP contribution in [0.1, 0.15) is 32.2 Å². The first kappa shape index (κ1) is 19.9. The quantitative estimate of drug-likeness (QED) is 0.615. The van der Waals surface area contributed by atoms with E-state index < -0.39 is 17.6 Å². The van der Waals surface area contributed by atoms with Crippen molar-refractivity contribution >= 4 is 18.1 Å². The number of hydrogen-bond acceptors (Lipinski definition) is 7. The standard InChI is InChI=1S/C17H22N6O4/c1-11-9-23(10-19-11)14-15(26-5)20-12(8-18-14)6-7-13(24)21-22-16(25)27-17(2,3)4/h6-10H,1-5H3,(H,21,24)(H,22,25)/b7-6+. The van der Waals surface area contributed by atoms with E-state index in [9.17, 15) is 9.59 Å². The molecular weight excluding hydrogens is 352 g/mol. The van der Waals surface area contributed by atoms with Gasteiger partial charge in [-0.2, -0.15) is 0 Å². The van der Waals surface area contributed by atoms with Crippen LogP contribution in [0.5, 0.6) is 5.88 Å². The van der Waals surface area contributed by atoms with Crippen LogP contribution in [0.3, 0.4) is 0 Å². The zero-order chi connectivity index (χ0) is 20.0. The molecule has 2 aromatic heterocycles. The van der Waals surface area contributed by atoms with E-state index in [0.717, 1.165) is 5.69 Å².